The van der Waals surface area contributed by atoms with E-state index in [1.54, 1.807) is 0 Å². The molecule has 0 unspecified atom stereocenters. The normalized spacial score (nSPS) is 16.6. The molecule has 1 atom stereocenters. The molecule has 0 spiro atoms. The van der Waals surface area contributed by atoms with E-state index in [1.807, 2.05) is 19.9 Å². The highest BCUT2D eigenvalue weighted by molar-refractivity contribution is 5.76. The van der Waals surface area contributed by atoms with E-state index >= 15 is 0 Å². The molecule has 1 aliphatic rings. The zero-order chi connectivity index (χ0) is 12.4. The lowest BCUT2D eigenvalue weighted by Crippen LogP contribution is -2.18. The first kappa shape index (κ1) is 12.2. The molecule has 2 nitrogen and oxygen atoms in total. The van der Waals surface area contributed by atoms with Gasteiger partial charge in [-0.15, -0.1) is 0 Å². The van der Waals surface area contributed by atoms with Crippen LogP contribution in [0.3, 0.4) is 0 Å². The average Bonchev–Trinajstić information content (AvgIpc) is 2.28. The number of aryl methyl sites for hydroxylation is 2. The molecule has 0 bridgehead atoms. The van der Waals surface area contributed by atoms with Gasteiger partial charge in [-0.25, -0.2) is 0 Å². The van der Waals surface area contributed by atoms with Crippen molar-refractivity contribution in [2.45, 2.75) is 45.4 Å². The van der Waals surface area contributed by atoms with Crippen molar-refractivity contribution in [3.8, 4) is 0 Å². The summed E-state index contributed by atoms with van der Waals surface area (Å²) in [4.78, 5) is 11.3. The molecule has 1 aliphatic carbocycles. The third kappa shape index (κ3) is 2.51. The van der Waals surface area contributed by atoms with E-state index in [4.69, 9.17) is 0 Å². The highest BCUT2D eigenvalue weighted by atomic mass is 16.4. The molecule has 0 aromatic heterocycles. The number of carbonyl (C=O) groups is 1. The van der Waals surface area contributed by atoms with Gasteiger partial charge in [0, 0.05) is 0 Å². The fourth-order valence-electron chi connectivity index (χ4n) is 2.76. The average molecular weight is 232 g/mol. The smallest absolute Gasteiger partial charge is 0.311 e. The Bertz CT molecular complexity index is 421. The van der Waals surface area contributed by atoms with Crippen molar-refractivity contribution in [3.05, 3.63) is 34.9 Å². The molecule has 1 aromatic rings. The van der Waals surface area contributed by atoms with E-state index in [0.717, 1.165) is 18.4 Å². The van der Waals surface area contributed by atoms with Crippen LogP contribution in [0.4, 0.5) is 0 Å². The summed E-state index contributed by atoms with van der Waals surface area (Å²) in [6, 6.07) is 6.25. The minimum absolute atomic E-state index is 0.133. The number of hydrogen-bond donors (Lipinski definition) is 1. The fraction of sp³-hybridized carbons (Fsp3) is 0.533. The van der Waals surface area contributed by atoms with Crippen molar-refractivity contribution in [3.63, 3.8) is 0 Å². The van der Waals surface area contributed by atoms with E-state index in [-0.39, 0.29) is 11.8 Å². The SMILES string of the molecule is CC(C)[C@@H](C(=O)O)c1ccc2c(c1)CCCC2. The standard InChI is InChI=1S/C15H20O2/c1-10(2)14(15(16)17)13-8-7-11-5-3-4-6-12(11)9-13/h7-10,14H,3-6H2,1-2H3,(H,16,17)/t14-/m1/s1. The second-order valence-corrected chi connectivity index (χ2v) is 5.30. The molecule has 0 aliphatic heterocycles. The number of carboxylic acids is 1. The van der Waals surface area contributed by atoms with Crippen LogP contribution >= 0.6 is 0 Å². The van der Waals surface area contributed by atoms with Gasteiger partial charge in [-0.05, 0) is 48.3 Å². The Morgan fingerprint density at radius 3 is 2.41 bits per heavy atom. The summed E-state index contributed by atoms with van der Waals surface area (Å²) in [6.07, 6.45) is 4.75. The lowest BCUT2D eigenvalue weighted by molar-refractivity contribution is -0.139. The van der Waals surface area contributed by atoms with Crippen LogP contribution in [0.15, 0.2) is 18.2 Å². The zero-order valence-corrected chi connectivity index (χ0v) is 10.6. The lowest BCUT2D eigenvalue weighted by Gasteiger charge is -2.21. The van der Waals surface area contributed by atoms with Crippen molar-refractivity contribution >= 4 is 5.97 Å². The van der Waals surface area contributed by atoms with Crippen LogP contribution in [0.25, 0.3) is 0 Å². The Labute approximate surface area is 103 Å². The molecular formula is C15H20O2. The van der Waals surface area contributed by atoms with Gasteiger partial charge in [-0.2, -0.15) is 0 Å². The molecule has 1 N–H and O–H groups in total. The largest absolute Gasteiger partial charge is 0.481 e. The molecular weight excluding hydrogens is 212 g/mol. The molecule has 2 heteroatoms. The summed E-state index contributed by atoms with van der Waals surface area (Å²) in [5.74, 6) is -0.952. The van der Waals surface area contributed by atoms with Crippen LogP contribution in [-0.2, 0) is 17.6 Å². The van der Waals surface area contributed by atoms with Crippen LogP contribution in [0.5, 0.6) is 0 Å². The van der Waals surface area contributed by atoms with Crippen LogP contribution in [0.1, 0.15) is 49.3 Å². The zero-order valence-electron chi connectivity index (χ0n) is 10.6. The van der Waals surface area contributed by atoms with Gasteiger partial charge in [0.25, 0.3) is 0 Å². The van der Waals surface area contributed by atoms with Crippen molar-refractivity contribution in [1.82, 2.24) is 0 Å². The first-order valence-corrected chi connectivity index (χ1v) is 6.44. The maximum absolute atomic E-state index is 11.3. The summed E-state index contributed by atoms with van der Waals surface area (Å²) in [5, 5.41) is 9.30. The molecule has 17 heavy (non-hydrogen) atoms. The van der Waals surface area contributed by atoms with E-state index in [0.29, 0.717) is 0 Å². The number of benzene rings is 1. The first-order valence-electron chi connectivity index (χ1n) is 6.44. The summed E-state index contributed by atoms with van der Waals surface area (Å²) in [7, 11) is 0. The second-order valence-electron chi connectivity index (χ2n) is 5.30. The Morgan fingerprint density at radius 2 is 1.82 bits per heavy atom. The first-order chi connectivity index (χ1) is 8.09. The number of aliphatic carboxylic acids is 1. The van der Waals surface area contributed by atoms with Gasteiger partial charge in [0.15, 0.2) is 0 Å². The van der Waals surface area contributed by atoms with Crippen LogP contribution in [0, 0.1) is 5.92 Å². The molecule has 2 rings (SSSR count). The lowest BCUT2D eigenvalue weighted by atomic mass is 9.84. The number of rotatable bonds is 3. The van der Waals surface area contributed by atoms with E-state index in [2.05, 4.69) is 12.1 Å². The molecule has 0 radical (unpaired) electrons. The molecule has 0 heterocycles. The van der Waals surface area contributed by atoms with E-state index in [1.165, 1.54) is 24.0 Å². The second kappa shape index (κ2) is 4.91. The van der Waals surface area contributed by atoms with Crippen LogP contribution in [0.2, 0.25) is 0 Å². The monoisotopic (exact) mass is 232 g/mol. The Hall–Kier alpha value is -1.31. The van der Waals surface area contributed by atoms with Crippen molar-refractivity contribution in [1.29, 1.82) is 0 Å². The quantitative estimate of drug-likeness (QED) is 0.867. The Kier molecular flexibility index (Phi) is 3.51. The number of fused-ring (bicyclic) bond motifs is 1. The maximum atomic E-state index is 11.3. The topological polar surface area (TPSA) is 37.3 Å². The van der Waals surface area contributed by atoms with Crippen molar-refractivity contribution < 1.29 is 9.90 Å². The van der Waals surface area contributed by atoms with E-state index < -0.39 is 5.97 Å². The van der Waals surface area contributed by atoms with Crippen LogP contribution < -0.4 is 0 Å². The molecule has 92 valence electrons. The number of carboxylic acid groups (broad SMARTS) is 1. The van der Waals surface area contributed by atoms with Crippen molar-refractivity contribution in [2.24, 2.45) is 5.92 Å². The predicted octanol–water partition coefficient (Wildman–Crippen LogP) is 3.39. The predicted molar refractivity (Wildman–Crippen MR) is 68.3 cm³/mol. The number of hydrogen-bond acceptors (Lipinski definition) is 1. The molecule has 0 saturated carbocycles. The Balaban J connectivity index is 2.35. The molecule has 0 amide bonds. The minimum Gasteiger partial charge on any atom is -0.481 e. The molecule has 0 saturated heterocycles. The van der Waals surface area contributed by atoms with Gasteiger partial charge in [0.2, 0.25) is 0 Å². The molecule has 1 aromatic carbocycles. The third-order valence-electron chi connectivity index (χ3n) is 3.66. The van der Waals surface area contributed by atoms with Gasteiger partial charge in [-0.3, -0.25) is 4.79 Å². The summed E-state index contributed by atoms with van der Waals surface area (Å²) in [5.41, 5.74) is 3.74. The summed E-state index contributed by atoms with van der Waals surface area (Å²) < 4.78 is 0. The van der Waals surface area contributed by atoms with Gasteiger partial charge >= 0.3 is 5.97 Å². The van der Waals surface area contributed by atoms with Gasteiger partial charge in [0.05, 0.1) is 5.92 Å². The minimum atomic E-state index is -0.712. The highest BCUT2D eigenvalue weighted by Crippen LogP contribution is 2.29. The fourth-order valence-corrected chi connectivity index (χ4v) is 2.76. The summed E-state index contributed by atoms with van der Waals surface area (Å²) in [6.45, 7) is 3.94. The van der Waals surface area contributed by atoms with Gasteiger partial charge in [-0.1, -0.05) is 32.0 Å². The molecule has 0 fully saturated rings. The van der Waals surface area contributed by atoms with E-state index in [9.17, 15) is 9.90 Å². The van der Waals surface area contributed by atoms with Crippen molar-refractivity contribution in [2.75, 3.05) is 0 Å². The van der Waals surface area contributed by atoms with Crippen LogP contribution in [-0.4, -0.2) is 11.1 Å². The third-order valence-corrected chi connectivity index (χ3v) is 3.66. The summed E-state index contributed by atoms with van der Waals surface area (Å²) >= 11 is 0. The Morgan fingerprint density at radius 1 is 1.18 bits per heavy atom. The van der Waals surface area contributed by atoms with Gasteiger partial charge in [0.1, 0.15) is 0 Å². The van der Waals surface area contributed by atoms with Gasteiger partial charge < -0.3 is 5.11 Å². The highest BCUT2D eigenvalue weighted by Gasteiger charge is 2.24. The maximum Gasteiger partial charge on any atom is 0.311 e.